The molecule has 0 N–H and O–H groups in total. The second-order valence-corrected chi connectivity index (χ2v) is 13.5. The summed E-state index contributed by atoms with van der Waals surface area (Å²) in [6.45, 7) is 0. The quantitative estimate of drug-likeness (QED) is 0.174. The number of pyridine rings is 1. The first-order chi connectivity index (χ1) is 26.3. The summed E-state index contributed by atoms with van der Waals surface area (Å²) in [5, 5.41) is 11.8. The van der Waals surface area contributed by atoms with Crippen LogP contribution in [0.4, 0.5) is 0 Å². The van der Waals surface area contributed by atoms with Crippen molar-refractivity contribution < 1.29 is 4.42 Å². The Labute approximate surface area is 304 Å². The molecule has 0 saturated carbocycles. The van der Waals surface area contributed by atoms with E-state index in [0.717, 1.165) is 66.5 Å². The predicted molar refractivity (Wildman–Crippen MR) is 219 cm³/mol. The first-order valence-corrected chi connectivity index (χ1v) is 17.9. The minimum Gasteiger partial charge on any atom is -0.438 e. The molecule has 0 amide bonds. The Kier molecular flexibility index (Phi) is 6.52. The molecule has 3 heterocycles. The second-order valence-electron chi connectivity index (χ2n) is 13.5. The maximum absolute atomic E-state index is 6.27. The van der Waals surface area contributed by atoms with Gasteiger partial charge in [-0.15, -0.1) is 0 Å². The van der Waals surface area contributed by atoms with Crippen LogP contribution in [0.2, 0.25) is 0 Å². The first-order valence-electron chi connectivity index (χ1n) is 17.9. The lowest BCUT2D eigenvalue weighted by atomic mass is 9.92. The number of hydrogen-bond donors (Lipinski definition) is 0. The van der Waals surface area contributed by atoms with Crippen molar-refractivity contribution >= 4 is 65.2 Å². The second kappa shape index (κ2) is 11.7. The maximum atomic E-state index is 6.27. The van der Waals surface area contributed by atoms with Crippen molar-refractivity contribution in [1.82, 2.24) is 15.0 Å². The number of benzene rings is 8. The van der Waals surface area contributed by atoms with Crippen LogP contribution in [0, 0.1) is 0 Å². The third-order valence-corrected chi connectivity index (χ3v) is 10.5. The van der Waals surface area contributed by atoms with Gasteiger partial charge in [0.25, 0.3) is 0 Å². The van der Waals surface area contributed by atoms with Gasteiger partial charge in [0.1, 0.15) is 5.58 Å². The molecule has 11 rings (SSSR count). The number of para-hydroxylation sites is 1. The van der Waals surface area contributed by atoms with E-state index in [0.29, 0.717) is 11.5 Å². The van der Waals surface area contributed by atoms with Gasteiger partial charge in [0.05, 0.1) is 22.5 Å². The highest BCUT2D eigenvalue weighted by atomic mass is 16.3. The minimum atomic E-state index is 0.642. The van der Waals surface area contributed by atoms with Gasteiger partial charge in [-0.2, -0.15) is 0 Å². The Morgan fingerprint density at radius 1 is 0.321 bits per heavy atom. The van der Waals surface area contributed by atoms with Crippen LogP contribution < -0.4 is 0 Å². The van der Waals surface area contributed by atoms with Crippen molar-refractivity contribution in [2.75, 3.05) is 0 Å². The molecule has 53 heavy (non-hydrogen) atoms. The lowest BCUT2D eigenvalue weighted by molar-refractivity contribution is 0.655. The van der Waals surface area contributed by atoms with Crippen LogP contribution in [-0.2, 0) is 0 Å². The molecule has 3 aromatic heterocycles. The molecule has 4 nitrogen and oxygen atoms in total. The zero-order valence-corrected chi connectivity index (χ0v) is 28.5. The highest BCUT2D eigenvalue weighted by molar-refractivity contribution is 6.26. The SMILES string of the molecule is c1ccc(-c2cc(-c3ccc4c5ccccc5c5ccccc5c4c3)nc(-c3ccc(-c4nc5oc6ccccc6c5c5ccccc45)cc3)n2)cc1. The fraction of sp³-hybridized carbons (Fsp3) is 0. The summed E-state index contributed by atoms with van der Waals surface area (Å²) in [4.78, 5) is 15.4. The zero-order valence-electron chi connectivity index (χ0n) is 28.5. The lowest BCUT2D eigenvalue weighted by Gasteiger charge is -2.13. The van der Waals surface area contributed by atoms with Crippen molar-refractivity contribution in [3.05, 3.63) is 176 Å². The van der Waals surface area contributed by atoms with Gasteiger partial charge in [-0.3, -0.25) is 0 Å². The molecular weight excluding hydrogens is 647 g/mol. The smallest absolute Gasteiger partial charge is 0.228 e. The monoisotopic (exact) mass is 675 g/mol. The van der Waals surface area contributed by atoms with Crippen LogP contribution in [0.5, 0.6) is 0 Å². The molecule has 0 fully saturated rings. The van der Waals surface area contributed by atoms with Gasteiger partial charge >= 0.3 is 0 Å². The van der Waals surface area contributed by atoms with Gasteiger partial charge in [0.2, 0.25) is 5.71 Å². The van der Waals surface area contributed by atoms with Crippen molar-refractivity contribution in [3.63, 3.8) is 0 Å². The molecule has 11 aromatic rings. The maximum Gasteiger partial charge on any atom is 0.228 e. The molecule has 246 valence electrons. The van der Waals surface area contributed by atoms with E-state index in [1.165, 1.54) is 32.3 Å². The van der Waals surface area contributed by atoms with Crippen LogP contribution in [-0.4, -0.2) is 15.0 Å². The number of fused-ring (bicyclic) bond motifs is 11. The van der Waals surface area contributed by atoms with Crippen molar-refractivity contribution in [2.24, 2.45) is 0 Å². The van der Waals surface area contributed by atoms with E-state index in [4.69, 9.17) is 19.4 Å². The summed E-state index contributed by atoms with van der Waals surface area (Å²) < 4.78 is 6.27. The molecule has 4 heteroatoms. The summed E-state index contributed by atoms with van der Waals surface area (Å²) in [5.74, 6) is 0.668. The van der Waals surface area contributed by atoms with Crippen LogP contribution in [0.15, 0.2) is 180 Å². The molecule has 0 atom stereocenters. The third-order valence-electron chi connectivity index (χ3n) is 10.5. The van der Waals surface area contributed by atoms with Crippen LogP contribution in [0.3, 0.4) is 0 Å². The molecule has 0 radical (unpaired) electrons. The van der Waals surface area contributed by atoms with E-state index in [9.17, 15) is 0 Å². The standard InChI is InChI=1S/C49H29N3O/c1-2-12-30(13-3-1)43-29-44(33-26-27-38-36-16-5-4-14-34(36)35-15-6-7-17-37(35)42(38)28-33)51-48(50-43)32-24-22-31(23-25-32)47-40-19-9-8-18-39(40)46-41-20-10-11-21-45(41)53-49(46)52-47/h1-29H. The molecule has 0 aliphatic rings. The third kappa shape index (κ3) is 4.73. The Hall–Kier alpha value is -7.17. The molecule has 0 bridgehead atoms. The Morgan fingerprint density at radius 3 is 1.53 bits per heavy atom. The summed E-state index contributed by atoms with van der Waals surface area (Å²) in [6.07, 6.45) is 0. The Bertz CT molecular complexity index is 3180. The molecule has 8 aromatic carbocycles. The van der Waals surface area contributed by atoms with E-state index in [2.05, 4.69) is 152 Å². The van der Waals surface area contributed by atoms with E-state index >= 15 is 0 Å². The molecule has 0 saturated heterocycles. The average molecular weight is 676 g/mol. The van der Waals surface area contributed by atoms with Crippen molar-refractivity contribution in [3.8, 4) is 45.2 Å². The van der Waals surface area contributed by atoms with Crippen LogP contribution in [0.25, 0.3) is 110 Å². The van der Waals surface area contributed by atoms with Crippen LogP contribution >= 0.6 is 0 Å². The summed E-state index contributed by atoms with van der Waals surface area (Å²) in [5.41, 5.74) is 8.14. The number of hydrogen-bond acceptors (Lipinski definition) is 4. The highest BCUT2D eigenvalue weighted by Gasteiger charge is 2.18. The Balaban J connectivity index is 1.07. The van der Waals surface area contributed by atoms with Gasteiger partial charge in [0, 0.05) is 33.0 Å². The molecule has 0 unspecified atom stereocenters. The van der Waals surface area contributed by atoms with Gasteiger partial charge in [-0.25, -0.2) is 15.0 Å². The minimum absolute atomic E-state index is 0.642. The normalized spacial score (nSPS) is 11.8. The molecule has 0 aliphatic heterocycles. The lowest BCUT2D eigenvalue weighted by Crippen LogP contribution is -1.96. The molecular formula is C49H29N3O. The van der Waals surface area contributed by atoms with Crippen molar-refractivity contribution in [1.29, 1.82) is 0 Å². The topological polar surface area (TPSA) is 51.8 Å². The predicted octanol–water partition coefficient (Wildman–Crippen LogP) is 13.1. The summed E-state index contributed by atoms with van der Waals surface area (Å²) in [6, 6.07) is 61.5. The van der Waals surface area contributed by atoms with E-state index in [1.807, 2.05) is 24.3 Å². The van der Waals surface area contributed by atoms with Gasteiger partial charge in [0.15, 0.2) is 5.82 Å². The van der Waals surface area contributed by atoms with E-state index in [1.54, 1.807) is 0 Å². The zero-order chi connectivity index (χ0) is 34.9. The number of nitrogens with zero attached hydrogens (tertiary/aromatic N) is 3. The highest BCUT2D eigenvalue weighted by Crippen LogP contribution is 2.40. The van der Waals surface area contributed by atoms with E-state index < -0.39 is 0 Å². The largest absolute Gasteiger partial charge is 0.438 e. The summed E-state index contributed by atoms with van der Waals surface area (Å²) >= 11 is 0. The fourth-order valence-corrected chi connectivity index (χ4v) is 7.99. The average Bonchev–Trinajstić information content (AvgIpc) is 3.62. The van der Waals surface area contributed by atoms with Gasteiger partial charge in [-0.05, 0) is 55.9 Å². The fourth-order valence-electron chi connectivity index (χ4n) is 7.99. The van der Waals surface area contributed by atoms with E-state index in [-0.39, 0.29) is 0 Å². The number of furan rings is 1. The molecule has 0 spiro atoms. The number of rotatable bonds is 4. The summed E-state index contributed by atoms with van der Waals surface area (Å²) in [7, 11) is 0. The Morgan fingerprint density at radius 2 is 0.830 bits per heavy atom. The first kappa shape index (κ1) is 29.5. The molecule has 0 aliphatic carbocycles. The van der Waals surface area contributed by atoms with Gasteiger partial charge in [-0.1, -0.05) is 158 Å². The number of aromatic nitrogens is 3. The van der Waals surface area contributed by atoms with Crippen molar-refractivity contribution in [2.45, 2.75) is 0 Å². The van der Waals surface area contributed by atoms with Gasteiger partial charge < -0.3 is 4.42 Å². The van der Waals surface area contributed by atoms with Crippen LogP contribution in [0.1, 0.15) is 0 Å².